The van der Waals surface area contributed by atoms with Gasteiger partial charge >= 0.3 is 0 Å². The second-order valence-electron chi connectivity index (χ2n) is 5.86. The molecule has 0 radical (unpaired) electrons. The fourth-order valence-corrected chi connectivity index (χ4v) is 2.07. The molecule has 0 aliphatic carbocycles. The van der Waals surface area contributed by atoms with Gasteiger partial charge < -0.3 is 5.32 Å². The van der Waals surface area contributed by atoms with Crippen LogP contribution in [0, 0.1) is 5.92 Å². The molecule has 0 spiro atoms. The molecule has 1 aromatic carbocycles. The number of likely N-dealkylation sites (N-methyl/N-ethyl adjacent to an activating group) is 1. The van der Waals surface area contributed by atoms with Crippen LogP contribution in [-0.2, 0) is 25.9 Å². The molecule has 0 saturated carbocycles. The first-order valence-electron chi connectivity index (χ1n) is 7.93. The lowest BCUT2D eigenvalue weighted by molar-refractivity contribution is -0.172. The van der Waals surface area contributed by atoms with Crippen molar-refractivity contribution in [2.45, 2.75) is 32.9 Å². The zero-order valence-electron chi connectivity index (χ0n) is 14.7. The van der Waals surface area contributed by atoms with E-state index in [1.54, 1.807) is 0 Å². The van der Waals surface area contributed by atoms with E-state index in [4.69, 9.17) is 9.68 Å². The highest BCUT2D eigenvalue weighted by atomic mass is 16.7. The van der Waals surface area contributed by atoms with E-state index in [9.17, 15) is 9.59 Å². The van der Waals surface area contributed by atoms with Crippen LogP contribution >= 0.6 is 0 Å². The minimum Gasteiger partial charge on any atom is -0.343 e. The van der Waals surface area contributed by atoms with E-state index >= 15 is 0 Å². The quantitative estimate of drug-likeness (QED) is 0.496. The topological polar surface area (TPSA) is 79.9 Å². The Hall–Kier alpha value is -1.96. The highest BCUT2D eigenvalue weighted by Gasteiger charge is 2.25. The SMILES string of the molecule is CON(C)C(=O)C(CC(C)C)NC(=O)CNOCc1ccccc1. The first kappa shape index (κ1) is 20.1. The lowest BCUT2D eigenvalue weighted by Gasteiger charge is -2.24. The van der Waals surface area contributed by atoms with Crippen molar-refractivity contribution >= 4 is 11.8 Å². The van der Waals surface area contributed by atoms with Crippen molar-refractivity contribution in [2.24, 2.45) is 5.92 Å². The third kappa shape index (κ3) is 7.54. The maximum absolute atomic E-state index is 12.2. The van der Waals surface area contributed by atoms with Crippen LogP contribution in [-0.4, -0.2) is 43.6 Å². The van der Waals surface area contributed by atoms with Gasteiger partial charge in [0.1, 0.15) is 6.04 Å². The number of hydrogen-bond acceptors (Lipinski definition) is 5. The smallest absolute Gasteiger partial charge is 0.268 e. The predicted molar refractivity (Wildman–Crippen MR) is 90.4 cm³/mol. The summed E-state index contributed by atoms with van der Waals surface area (Å²) in [6.45, 7) is 4.29. The normalized spacial score (nSPS) is 12.0. The Labute approximate surface area is 143 Å². The second-order valence-corrected chi connectivity index (χ2v) is 5.86. The number of benzene rings is 1. The van der Waals surface area contributed by atoms with E-state index in [0.717, 1.165) is 10.6 Å². The van der Waals surface area contributed by atoms with Gasteiger partial charge in [-0.25, -0.2) is 5.06 Å². The molecule has 0 heterocycles. The van der Waals surface area contributed by atoms with Crippen molar-refractivity contribution in [3.8, 4) is 0 Å². The van der Waals surface area contributed by atoms with Crippen LogP contribution in [0.2, 0.25) is 0 Å². The lowest BCUT2D eigenvalue weighted by atomic mass is 10.0. The molecular formula is C17H27N3O4. The van der Waals surface area contributed by atoms with Crippen LogP contribution in [0.25, 0.3) is 0 Å². The van der Waals surface area contributed by atoms with Crippen LogP contribution in [0.5, 0.6) is 0 Å². The Morgan fingerprint density at radius 1 is 1.21 bits per heavy atom. The number of amides is 2. The maximum Gasteiger partial charge on any atom is 0.268 e. The predicted octanol–water partition coefficient (Wildman–Crippen LogP) is 1.26. The van der Waals surface area contributed by atoms with Gasteiger partial charge in [0.05, 0.1) is 20.3 Å². The van der Waals surface area contributed by atoms with Crippen molar-refractivity contribution in [3.63, 3.8) is 0 Å². The van der Waals surface area contributed by atoms with Gasteiger partial charge in [0.2, 0.25) is 5.91 Å². The summed E-state index contributed by atoms with van der Waals surface area (Å²) in [6, 6.07) is 8.99. The molecule has 1 rings (SSSR count). The fraction of sp³-hybridized carbons (Fsp3) is 0.529. The molecular weight excluding hydrogens is 310 g/mol. The number of nitrogens with one attached hydrogen (secondary N) is 2. The average molecular weight is 337 g/mol. The Morgan fingerprint density at radius 3 is 2.46 bits per heavy atom. The summed E-state index contributed by atoms with van der Waals surface area (Å²) in [5.74, 6) is -0.344. The van der Waals surface area contributed by atoms with E-state index in [0.29, 0.717) is 13.0 Å². The minimum atomic E-state index is -0.627. The van der Waals surface area contributed by atoms with E-state index in [1.165, 1.54) is 14.2 Å². The summed E-state index contributed by atoms with van der Waals surface area (Å²) in [5.41, 5.74) is 3.61. The monoisotopic (exact) mass is 337 g/mol. The second kappa shape index (κ2) is 10.7. The third-order valence-corrected chi connectivity index (χ3v) is 3.34. The molecule has 2 amide bonds. The molecule has 0 aliphatic heterocycles. The van der Waals surface area contributed by atoms with Crippen LogP contribution in [0.15, 0.2) is 30.3 Å². The Morgan fingerprint density at radius 2 is 1.88 bits per heavy atom. The number of rotatable bonds is 10. The van der Waals surface area contributed by atoms with Crippen molar-refractivity contribution in [1.82, 2.24) is 15.9 Å². The number of nitrogens with zero attached hydrogens (tertiary/aromatic N) is 1. The van der Waals surface area contributed by atoms with Gasteiger partial charge in [0.25, 0.3) is 5.91 Å². The largest absolute Gasteiger partial charge is 0.343 e. The highest BCUT2D eigenvalue weighted by molar-refractivity contribution is 5.87. The molecule has 0 fully saturated rings. The summed E-state index contributed by atoms with van der Waals surface area (Å²) < 4.78 is 0. The molecule has 2 N–H and O–H groups in total. The van der Waals surface area contributed by atoms with Gasteiger partial charge in [-0.05, 0) is 17.9 Å². The van der Waals surface area contributed by atoms with E-state index in [2.05, 4.69) is 10.8 Å². The van der Waals surface area contributed by atoms with E-state index in [1.807, 2.05) is 44.2 Å². The molecule has 0 saturated heterocycles. The molecule has 0 aromatic heterocycles. The fourth-order valence-electron chi connectivity index (χ4n) is 2.07. The summed E-state index contributed by atoms with van der Waals surface area (Å²) in [7, 11) is 2.92. The summed E-state index contributed by atoms with van der Waals surface area (Å²) in [4.78, 5) is 34.3. The Kier molecular flexibility index (Phi) is 8.99. The van der Waals surface area contributed by atoms with E-state index < -0.39 is 6.04 Å². The zero-order valence-corrected chi connectivity index (χ0v) is 14.7. The van der Waals surface area contributed by atoms with Crippen molar-refractivity contribution in [2.75, 3.05) is 20.7 Å². The van der Waals surface area contributed by atoms with Gasteiger partial charge in [0, 0.05) is 7.05 Å². The first-order valence-corrected chi connectivity index (χ1v) is 7.93. The molecule has 134 valence electrons. The number of hydroxylamine groups is 3. The molecule has 0 bridgehead atoms. The summed E-state index contributed by atoms with van der Waals surface area (Å²) in [6.07, 6.45) is 0.531. The van der Waals surface area contributed by atoms with Crippen LogP contribution in [0.4, 0.5) is 0 Å². The molecule has 24 heavy (non-hydrogen) atoms. The number of carbonyl (C=O) groups excluding carboxylic acids is 2. The van der Waals surface area contributed by atoms with Crippen molar-refractivity contribution in [1.29, 1.82) is 0 Å². The van der Waals surface area contributed by atoms with Crippen LogP contribution < -0.4 is 10.8 Å². The molecule has 0 aliphatic rings. The minimum absolute atomic E-state index is 0.0363. The van der Waals surface area contributed by atoms with Gasteiger partial charge in [-0.1, -0.05) is 44.2 Å². The van der Waals surface area contributed by atoms with Gasteiger partial charge in [0.15, 0.2) is 0 Å². The van der Waals surface area contributed by atoms with E-state index in [-0.39, 0.29) is 24.3 Å². The van der Waals surface area contributed by atoms with Gasteiger partial charge in [-0.3, -0.25) is 19.3 Å². The van der Waals surface area contributed by atoms with Crippen LogP contribution in [0.1, 0.15) is 25.8 Å². The van der Waals surface area contributed by atoms with Crippen molar-refractivity contribution < 1.29 is 19.3 Å². The zero-order chi connectivity index (χ0) is 17.9. The van der Waals surface area contributed by atoms with Crippen LogP contribution in [0.3, 0.4) is 0 Å². The summed E-state index contributed by atoms with van der Waals surface area (Å²) in [5, 5.41) is 3.83. The molecule has 1 aromatic rings. The molecule has 7 nitrogen and oxygen atoms in total. The molecule has 1 atom stereocenters. The molecule has 1 unspecified atom stereocenters. The standard InChI is InChI=1S/C17H27N3O4/c1-13(2)10-15(17(22)20(3)23-4)19-16(21)11-18-24-12-14-8-6-5-7-9-14/h5-9,13,15,18H,10-12H2,1-4H3,(H,19,21). The Balaban J connectivity index is 2.39. The third-order valence-electron chi connectivity index (χ3n) is 3.34. The van der Waals surface area contributed by atoms with Gasteiger partial charge in [-0.15, -0.1) is 0 Å². The first-order chi connectivity index (χ1) is 11.4. The Bertz CT molecular complexity index is 508. The highest BCUT2D eigenvalue weighted by Crippen LogP contribution is 2.07. The maximum atomic E-state index is 12.2. The van der Waals surface area contributed by atoms with Gasteiger partial charge in [-0.2, -0.15) is 5.48 Å². The number of hydrogen-bond donors (Lipinski definition) is 2. The lowest BCUT2D eigenvalue weighted by Crippen LogP contribution is -2.49. The number of carbonyl (C=O) groups is 2. The average Bonchev–Trinajstić information content (AvgIpc) is 2.57. The van der Waals surface area contributed by atoms with Crippen molar-refractivity contribution in [3.05, 3.63) is 35.9 Å². The summed E-state index contributed by atoms with van der Waals surface area (Å²) >= 11 is 0. The molecule has 7 heteroatoms.